The van der Waals surface area contributed by atoms with Crippen molar-refractivity contribution >= 4 is 21.5 Å². The maximum absolute atomic E-state index is 3.78. The van der Waals surface area contributed by atoms with Gasteiger partial charge in [-0.2, -0.15) is 5.57 Å². The molecule has 0 heterocycles. The number of benzene rings is 4. The van der Waals surface area contributed by atoms with E-state index in [1.807, 2.05) is 0 Å². The van der Waals surface area contributed by atoms with Crippen molar-refractivity contribution in [1.82, 2.24) is 0 Å². The number of halogens is 2. The molecule has 0 amide bonds. The van der Waals surface area contributed by atoms with Crippen molar-refractivity contribution in [3.63, 3.8) is 0 Å². The number of hydrogen-bond acceptors (Lipinski definition) is 0. The minimum absolute atomic E-state index is 0. The summed E-state index contributed by atoms with van der Waals surface area (Å²) in [4.78, 5) is 0. The molecule has 5 aromatic rings. The molecule has 0 N–H and O–H groups in total. The average Bonchev–Trinajstić information content (AvgIpc) is 3.61. The van der Waals surface area contributed by atoms with Crippen LogP contribution < -0.4 is 24.8 Å². The van der Waals surface area contributed by atoms with Crippen LogP contribution in [0.15, 0.2) is 120 Å². The fourth-order valence-electron chi connectivity index (χ4n) is 7.45. The molecule has 5 aromatic carbocycles. The zero-order chi connectivity index (χ0) is 31.7. The van der Waals surface area contributed by atoms with E-state index in [0.717, 1.165) is 0 Å². The molecule has 47 heavy (non-hydrogen) atoms. The van der Waals surface area contributed by atoms with E-state index < -0.39 is 0 Å². The van der Waals surface area contributed by atoms with Crippen molar-refractivity contribution in [2.45, 2.75) is 85.5 Å². The Labute approximate surface area is 315 Å². The molecule has 1 atom stereocenters. The van der Waals surface area contributed by atoms with Crippen molar-refractivity contribution in [2.24, 2.45) is 11.3 Å². The van der Waals surface area contributed by atoms with Crippen LogP contribution in [0, 0.1) is 17.4 Å². The summed E-state index contributed by atoms with van der Waals surface area (Å²) in [5, 5.41) is 5.49. The van der Waals surface area contributed by atoms with Crippen LogP contribution in [0.4, 0.5) is 0 Å². The van der Waals surface area contributed by atoms with Crippen LogP contribution in [0.1, 0.15) is 91.5 Å². The monoisotopic (exact) mass is 736 g/mol. The van der Waals surface area contributed by atoms with Crippen molar-refractivity contribution in [1.29, 1.82) is 0 Å². The Morgan fingerprint density at radius 3 is 1.30 bits per heavy atom. The minimum Gasteiger partial charge on any atom is -1.00 e. The predicted molar refractivity (Wildman–Crippen MR) is 191 cm³/mol. The number of hydrogen-bond donors (Lipinski definition) is 0. The van der Waals surface area contributed by atoms with Gasteiger partial charge in [0, 0.05) is 5.41 Å². The van der Waals surface area contributed by atoms with Gasteiger partial charge in [-0.05, 0) is 22.0 Å². The molecule has 0 saturated carbocycles. The first-order valence-corrected chi connectivity index (χ1v) is 16.3. The van der Waals surface area contributed by atoms with E-state index in [1.165, 1.54) is 54.9 Å². The van der Waals surface area contributed by atoms with Gasteiger partial charge in [0.2, 0.25) is 0 Å². The van der Waals surface area contributed by atoms with Gasteiger partial charge in [0.1, 0.15) is 0 Å². The zero-order valence-corrected chi connectivity index (χ0v) is 33.6. The second-order valence-corrected chi connectivity index (χ2v) is 16.0. The summed E-state index contributed by atoms with van der Waals surface area (Å²) in [6.07, 6.45) is 3.78. The molecule has 0 nitrogen and oxygen atoms in total. The summed E-state index contributed by atoms with van der Waals surface area (Å²) in [6.45, 7) is 22.9. The maximum Gasteiger partial charge on any atom is 4.00 e. The number of rotatable bonds is 2. The summed E-state index contributed by atoms with van der Waals surface area (Å²) in [5.41, 5.74) is 10.5. The summed E-state index contributed by atoms with van der Waals surface area (Å²) in [5.74, 6) is 0.402. The molecule has 242 valence electrons. The van der Waals surface area contributed by atoms with E-state index in [4.69, 9.17) is 0 Å². The molecule has 0 aromatic heterocycles. The standard InChI is InChI=1S/C23H23.C21H25.2ClH.Zr/c1-16-15-19-21(22(2,3)4)20(16)23(19,17-11-7-5-8-12-17)18-13-9-6-10-14-18;1-20(2,3)16-9-7-14-11-15-8-10-17(21(4,5)6)13-19(15)18(14)12-16;;;/h5-14,16H,1-4H3;7-13H,1-6H3;2*1H;/q2*-1;;;+4/p-2. The zero-order valence-electron chi connectivity index (χ0n) is 29.6. The van der Waals surface area contributed by atoms with Gasteiger partial charge in [0.15, 0.2) is 0 Å². The van der Waals surface area contributed by atoms with Crippen molar-refractivity contribution in [2.75, 3.05) is 0 Å². The molecule has 1 unspecified atom stereocenters. The van der Waals surface area contributed by atoms with Gasteiger partial charge in [0.25, 0.3) is 0 Å². The molecule has 0 aliphatic heterocycles. The Hall–Kier alpha value is -2.31. The molecular formula is C44H48Cl2Zr. The quantitative estimate of drug-likeness (QED) is 0.195. The van der Waals surface area contributed by atoms with Crippen molar-refractivity contribution < 1.29 is 51.0 Å². The fourth-order valence-corrected chi connectivity index (χ4v) is 7.45. The summed E-state index contributed by atoms with van der Waals surface area (Å²) < 4.78 is 0. The van der Waals surface area contributed by atoms with Crippen LogP contribution in [-0.2, 0) is 42.4 Å². The summed E-state index contributed by atoms with van der Waals surface area (Å²) in [6, 6.07) is 38.0. The first-order valence-electron chi connectivity index (χ1n) is 16.3. The minimum atomic E-state index is -0.0788. The normalized spacial score (nSPS) is 16.6. The molecule has 0 saturated heterocycles. The second-order valence-electron chi connectivity index (χ2n) is 16.0. The van der Waals surface area contributed by atoms with E-state index in [9.17, 15) is 0 Å². The van der Waals surface area contributed by atoms with Gasteiger partial charge in [0.05, 0.1) is 0 Å². The van der Waals surface area contributed by atoms with E-state index in [2.05, 4.69) is 178 Å². The van der Waals surface area contributed by atoms with E-state index in [0.29, 0.717) is 5.92 Å². The Kier molecular flexibility index (Phi) is 11.6. The maximum atomic E-state index is 3.78. The molecule has 3 aliphatic rings. The largest absolute Gasteiger partial charge is 4.00 e. The fraction of sp³-hybridized carbons (Fsp3) is 0.341. The average molecular weight is 739 g/mol. The molecular weight excluding hydrogens is 691 g/mol. The topological polar surface area (TPSA) is 0 Å². The number of fused-ring (bicyclic) bond motifs is 4. The second kappa shape index (κ2) is 13.9. The van der Waals surface area contributed by atoms with Crippen LogP contribution in [0.25, 0.3) is 21.5 Å². The molecule has 0 spiro atoms. The third kappa shape index (κ3) is 6.80. The Morgan fingerprint density at radius 2 is 0.979 bits per heavy atom. The Balaban J connectivity index is 0.000000241. The molecule has 2 bridgehead atoms. The Bertz CT molecular complexity index is 1800. The Morgan fingerprint density at radius 1 is 0.574 bits per heavy atom. The van der Waals surface area contributed by atoms with Gasteiger partial charge in [-0.25, -0.2) is 5.57 Å². The first kappa shape index (κ1) is 39.1. The van der Waals surface area contributed by atoms with Gasteiger partial charge in [-0.15, -0.1) is 45.3 Å². The van der Waals surface area contributed by atoms with Gasteiger partial charge >= 0.3 is 26.2 Å². The van der Waals surface area contributed by atoms with E-state index >= 15 is 0 Å². The van der Waals surface area contributed by atoms with Crippen molar-refractivity contribution in [3.8, 4) is 0 Å². The van der Waals surface area contributed by atoms with E-state index in [1.54, 1.807) is 5.57 Å². The molecule has 8 rings (SSSR count). The van der Waals surface area contributed by atoms with Crippen LogP contribution >= 0.6 is 0 Å². The van der Waals surface area contributed by atoms with Gasteiger partial charge in [-0.3, -0.25) is 6.08 Å². The third-order valence-corrected chi connectivity index (χ3v) is 9.70. The predicted octanol–water partition coefficient (Wildman–Crippen LogP) is 6.02. The molecule has 3 heteroatoms. The molecule has 0 radical (unpaired) electrons. The SMILES string of the molecule is CC(C)(C)c1ccc2[cH-]c3ccc(C(C)(C)C)cc3c2c1.CC1[C-]=C2C(C(C)(C)C)=C1C2(c1ccccc1)c1ccccc1.[Cl-].[Cl-].[Zr+4]. The number of allylic oxidation sites excluding steroid dienone is 4. The van der Waals surface area contributed by atoms with Crippen LogP contribution in [0.2, 0.25) is 0 Å². The third-order valence-electron chi connectivity index (χ3n) is 9.70. The van der Waals surface area contributed by atoms with Crippen molar-refractivity contribution in [3.05, 3.63) is 148 Å². The molecule has 3 aliphatic carbocycles. The smallest absolute Gasteiger partial charge is 1.00 e. The van der Waals surface area contributed by atoms with Crippen LogP contribution in [-0.4, -0.2) is 0 Å². The van der Waals surface area contributed by atoms with Gasteiger partial charge in [-0.1, -0.05) is 177 Å². The summed E-state index contributed by atoms with van der Waals surface area (Å²) >= 11 is 0. The van der Waals surface area contributed by atoms with Gasteiger partial charge < -0.3 is 24.8 Å². The van der Waals surface area contributed by atoms with E-state index in [-0.39, 0.29) is 72.7 Å². The summed E-state index contributed by atoms with van der Waals surface area (Å²) in [7, 11) is 0. The van der Waals surface area contributed by atoms with Crippen LogP contribution in [0.5, 0.6) is 0 Å². The van der Waals surface area contributed by atoms with Crippen LogP contribution in [0.3, 0.4) is 0 Å². The first-order chi connectivity index (χ1) is 20.6. The molecule has 0 fully saturated rings.